The Hall–Kier alpha value is -3.06. The third-order valence-electron chi connectivity index (χ3n) is 7.51. The van der Waals surface area contributed by atoms with Crippen LogP contribution in [-0.4, -0.2) is 46.7 Å². The molecule has 7 nitrogen and oxygen atoms in total. The van der Waals surface area contributed by atoms with E-state index in [1.165, 1.54) is 11.3 Å². The van der Waals surface area contributed by atoms with E-state index in [0.717, 1.165) is 63.1 Å². The zero-order valence-electron chi connectivity index (χ0n) is 21.8. The van der Waals surface area contributed by atoms with Crippen molar-refractivity contribution in [2.45, 2.75) is 58.0 Å². The zero-order valence-corrected chi connectivity index (χ0v) is 21.8. The summed E-state index contributed by atoms with van der Waals surface area (Å²) in [4.78, 5) is 15.7. The highest BCUT2D eigenvalue weighted by molar-refractivity contribution is 5.65. The summed E-state index contributed by atoms with van der Waals surface area (Å²) in [6.07, 6.45) is 10.2. The van der Waals surface area contributed by atoms with Crippen molar-refractivity contribution in [3.05, 3.63) is 64.8 Å². The van der Waals surface area contributed by atoms with Crippen molar-refractivity contribution in [1.82, 2.24) is 14.3 Å². The van der Waals surface area contributed by atoms with Gasteiger partial charge < -0.3 is 19.5 Å². The van der Waals surface area contributed by atoms with Gasteiger partial charge in [-0.25, -0.2) is 0 Å². The molecule has 0 amide bonds. The van der Waals surface area contributed by atoms with Crippen LogP contribution in [0.4, 0.5) is 11.4 Å². The number of nitrogens with one attached hydrogen (secondary N) is 1. The first-order valence-corrected chi connectivity index (χ1v) is 13.4. The van der Waals surface area contributed by atoms with Crippen molar-refractivity contribution in [2.24, 2.45) is 13.0 Å². The van der Waals surface area contributed by atoms with E-state index >= 15 is 0 Å². The molecule has 2 fully saturated rings. The highest BCUT2D eigenvalue weighted by atomic mass is 16.5. The molecule has 1 aliphatic heterocycles. The lowest BCUT2D eigenvalue weighted by atomic mass is 9.81. The lowest BCUT2D eigenvalue weighted by Gasteiger charge is -2.31. The van der Waals surface area contributed by atoms with Crippen molar-refractivity contribution >= 4 is 11.4 Å². The highest BCUT2D eigenvalue weighted by Crippen LogP contribution is 2.35. The van der Waals surface area contributed by atoms with Crippen molar-refractivity contribution in [2.75, 3.05) is 36.5 Å². The molecule has 0 radical (unpaired) electrons. The Labute approximate surface area is 214 Å². The van der Waals surface area contributed by atoms with Crippen LogP contribution in [0.2, 0.25) is 0 Å². The summed E-state index contributed by atoms with van der Waals surface area (Å²) < 4.78 is 9.14. The number of ether oxygens (including phenoxy) is 1. The van der Waals surface area contributed by atoms with Crippen LogP contribution in [0.3, 0.4) is 0 Å². The van der Waals surface area contributed by atoms with Crippen LogP contribution in [0.15, 0.2) is 53.7 Å². The van der Waals surface area contributed by atoms with Gasteiger partial charge in [0, 0.05) is 61.9 Å². The average Bonchev–Trinajstić information content (AvgIpc) is 3.33. The van der Waals surface area contributed by atoms with Gasteiger partial charge in [0.25, 0.3) is 5.56 Å². The number of rotatable bonds is 7. The molecule has 3 heterocycles. The van der Waals surface area contributed by atoms with Gasteiger partial charge in [0.1, 0.15) is 5.69 Å². The fraction of sp³-hybridized carbons (Fsp3) is 0.517. The Bertz CT molecular complexity index is 1200. The number of pyridine rings is 1. The third-order valence-corrected chi connectivity index (χ3v) is 7.51. The molecule has 36 heavy (non-hydrogen) atoms. The Morgan fingerprint density at radius 1 is 1.03 bits per heavy atom. The van der Waals surface area contributed by atoms with Crippen LogP contribution in [0.5, 0.6) is 0 Å². The number of benzene rings is 1. The maximum atomic E-state index is 13.3. The molecule has 1 saturated carbocycles. The van der Waals surface area contributed by atoms with Gasteiger partial charge in [-0.3, -0.25) is 9.48 Å². The second-order valence-corrected chi connectivity index (χ2v) is 10.8. The van der Waals surface area contributed by atoms with E-state index in [1.807, 2.05) is 36.3 Å². The van der Waals surface area contributed by atoms with Gasteiger partial charge in [-0.05, 0) is 61.3 Å². The number of morpholine rings is 1. The van der Waals surface area contributed by atoms with Crippen LogP contribution < -0.4 is 15.8 Å². The summed E-state index contributed by atoms with van der Waals surface area (Å²) in [6.45, 7) is 8.55. The molecule has 2 aromatic heterocycles. The molecule has 0 unspecified atom stereocenters. The fourth-order valence-corrected chi connectivity index (χ4v) is 5.57. The molecule has 192 valence electrons. The number of hydrogen-bond donors (Lipinski definition) is 1. The van der Waals surface area contributed by atoms with Gasteiger partial charge in [0.05, 0.1) is 19.4 Å². The van der Waals surface area contributed by atoms with Crippen LogP contribution in [-0.2, 0) is 18.3 Å². The lowest BCUT2D eigenvalue weighted by molar-refractivity contribution is 0.122. The molecular formula is C29H39N5O2. The minimum Gasteiger partial charge on any atom is -0.378 e. The van der Waals surface area contributed by atoms with Crippen molar-refractivity contribution in [1.29, 1.82) is 0 Å². The maximum Gasteiger partial charge on any atom is 0.273 e. The third kappa shape index (κ3) is 5.67. The average molecular weight is 490 g/mol. The lowest BCUT2D eigenvalue weighted by Crippen LogP contribution is -2.36. The topological polar surface area (TPSA) is 64.3 Å². The largest absolute Gasteiger partial charge is 0.378 e. The minimum absolute atomic E-state index is 0.0668. The molecule has 2 aliphatic rings. The predicted octanol–water partition coefficient (Wildman–Crippen LogP) is 4.88. The summed E-state index contributed by atoms with van der Waals surface area (Å²) >= 11 is 0. The zero-order chi connectivity index (χ0) is 25.1. The van der Waals surface area contributed by atoms with Crippen LogP contribution >= 0.6 is 0 Å². The number of aromatic nitrogens is 3. The summed E-state index contributed by atoms with van der Waals surface area (Å²) in [6, 6.07) is 11.5. The normalized spacial score (nSPS) is 20.6. The number of hydrogen-bond acceptors (Lipinski definition) is 5. The molecular weight excluding hydrogens is 450 g/mol. The molecule has 7 heteroatoms. The predicted molar refractivity (Wildman–Crippen MR) is 146 cm³/mol. The molecule has 0 atom stereocenters. The fourth-order valence-electron chi connectivity index (χ4n) is 5.57. The van der Waals surface area contributed by atoms with Gasteiger partial charge in [-0.2, -0.15) is 5.10 Å². The molecule has 3 aromatic rings. The van der Waals surface area contributed by atoms with E-state index in [1.54, 1.807) is 4.68 Å². The standard InChI is InChI=1S/C29H39N5O2/c1-21(2)18-34-20-24(25-17-30-32(3)19-25)16-28(29(34)35)31-26-8-4-22(5-9-26)23-6-10-27(11-7-23)33-12-14-36-15-13-33/h6-7,10-11,16-17,19-22,26,31H,4-5,8-9,12-15,18H2,1-3H3/t22-,26+. The van der Waals surface area contributed by atoms with E-state index in [9.17, 15) is 4.79 Å². The van der Waals surface area contributed by atoms with Crippen LogP contribution in [0.1, 0.15) is 51.0 Å². The summed E-state index contributed by atoms with van der Waals surface area (Å²) in [5.41, 5.74) is 5.56. The number of aryl methyl sites for hydroxylation is 1. The van der Waals surface area contributed by atoms with Crippen molar-refractivity contribution in [3.8, 4) is 11.1 Å². The van der Waals surface area contributed by atoms with E-state index in [2.05, 4.69) is 53.4 Å². The van der Waals surface area contributed by atoms with Gasteiger partial charge in [-0.15, -0.1) is 0 Å². The summed E-state index contributed by atoms with van der Waals surface area (Å²) in [5, 5.41) is 7.95. The Kier molecular flexibility index (Phi) is 7.46. The van der Waals surface area contributed by atoms with Crippen molar-refractivity contribution < 1.29 is 4.74 Å². The Morgan fingerprint density at radius 3 is 2.39 bits per heavy atom. The van der Waals surface area contributed by atoms with E-state index in [-0.39, 0.29) is 5.56 Å². The molecule has 1 saturated heterocycles. The van der Waals surface area contributed by atoms with Crippen molar-refractivity contribution in [3.63, 3.8) is 0 Å². The Morgan fingerprint density at radius 2 is 1.75 bits per heavy atom. The minimum atomic E-state index is 0.0668. The number of nitrogens with zero attached hydrogens (tertiary/aromatic N) is 4. The first-order chi connectivity index (χ1) is 17.5. The smallest absolute Gasteiger partial charge is 0.273 e. The molecule has 0 bridgehead atoms. The van der Waals surface area contributed by atoms with Gasteiger partial charge in [-0.1, -0.05) is 26.0 Å². The maximum absolute atomic E-state index is 13.3. The molecule has 5 rings (SSSR count). The second kappa shape index (κ2) is 10.9. The quantitative estimate of drug-likeness (QED) is 0.513. The molecule has 1 aromatic carbocycles. The summed E-state index contributed by atoms with van der Waals surface area (Å²) in [5.74, 6) is 0.978. The second-order valence-electron chi connectivity index (χ2n) is 10.8. The summed E-state index contributed by atoms with van der Waals surface area (Å²) in [7, 11) is 1.92. The van der Waals surface area contributed by atoms with Gasteiger partial charge in [0.15, 0.2) is 0 Å². The molecule has 0 spiro atoms. The molecule has 1 aliphatic carbocycles. The van der Waals surface area contributed by atoms with E-state index in [4.69, 9.17) is 4.74 Å². The van der Waals surface area contributed by atoms with Crippen LogP contribution in [0.25, 0.3) is 11.1 Å². The first-order valence-electron chi connectivity index (χ1n) is 13.4. The van der Waals surface area contributed by atoms with Gasteiger partial charge >= 0.3 is 0 Å². The van der Waals surface area contributed by atoms with Crippen LogP contribution in [0, 0.1) is 5.92 Å². The SMILES string of the molecule is CC(C)Cn1cc(-c2cnn(C)c2)cc(N[C@H]2CC[C@@H](c3ccc(N4CCOCC4)cc3)CC2)c1=O. The molecule has 1 N–H and O–H groups in total. The Balaban J connectivity index is 1.25. The first kappa shape index (κ1) is 24.6. The van der Waals surface area contributed by atoms with E-state index in [0.29, 0.717) is 30.1 Å². The highest BCUT2D eigenvalue weighted by Gasteiger charge is 2.24. The monoisotopic (exact) mass is 489 g/mol. The van der Waals surface area contributed by atoms with Gasteiger partial charge in [0.2, 0.25) is 0 Å². The number of anilines is 2. The van der Waals surface area contributed by atoms with E-state index < -0.39 is 0 Å².